The van der Waals surface area contributed by atoms with Gasteiger partial charge in [0.05, 0.1) is 5.76 Å². The summed E-state index contributed by atoms with van der Waals surface area (Å²) >= 11 is 1.23. The molecule has 0 spiro atoms. The molecule has 18 heavy (non-hydrogen) atoms. The van der Waals surface area contributed by atoms with E-state index < -0.39 is 0 Å². The fourth-order valence-corrected chi connectivity index (χ4v) is 2.26. The zero-order valence-corrected chi connectivity index (χ0v) is 12.0. The Morgan fingerprint density at radius 3 is 2.44 bits per heavy atom. The van der Waals surface area contributed by atoms with E-state index in [1.165, 1.54) is 17.8 Å². The number of hydrogen-bond donors (Lipinski definition) is 1. The molecule has 98 valence electrons. The normalized spacial score (nSPS) is 12.5. The lowest BCUT2D eigenvalue weighted by molar-refractivity contribution is -0.107. The van der Waals surface area contributed by atoms with Crippen molar-refractivity contribution >= 4 is 16.9 Å². The fourth-order valence-electron chi connectivity index (χ4n) is 1.46. The van der Waals surface area contributed by atoms with Crippen molar-refractivity contribution in [1.82, 2.24) is 0 Å². The van der Waals surface area contributed by atoms with Crippen LogP contribution < -0.4 is 0 Å². The van der Waals surface area contributed by atoms with Gasteiger partial charge in [0.2, 0.25) is 5.12 Å². The summed E-state index contributed by atoms with van der Waals surface area (Å²) in [5, 5.41) is 9.61. The molecule has 0 atom stereocenters. The van der Waals surface area contributed by atoms with Crippen molar-refractivity contribution in [3.8, 4) is 0 Å². The van der Waals surface area contributed by atoms with Crippen LogP contribution in [0.5, 0.6) is 0 Å². The van der Waals surface area contributed by atoms with Crippen LogP contribution in [0.2, 0.25) is 0 Å². The maximum atomic E-state index is 11.6. The molecule has 1 aromatic carbocycles. The lowest BCUT2D eigenvalue weighted by Gasteiger charge is -2.14. The third-order valence-electron chi connectivity index (χ3n) is 2.20. The molecular formula is C15H20O2S. The summed E-state index contributed by atoms with van der Waals surface area (Å²) in [6.07, 6.45) is 2.58. The Labute approximate surface area is 113 Å². The van der Waals surface area contributed by atoms with Crippen molar-refractivity contribution in [3.63, 3.8) is 0 Å². The number of aryl methyl sites for hydroxylation is 1. The molecular weight excluding hydrogens is 244 g/mol. The highest BCUT2D eigenvalue weighted by Crippen LogP contribution is 2.24. The van der Waals surface area contributed by atoms with E-state index in [0.717, 1.165) is 12.0 Å². The number of benzene rings is 1. The predicted octanol–water partition coefficient (Wildman–Crippen LogP) is 4.12. The molecule has 0 aliphatic rings. The highest BCUT2D eigenvalue weighted by Gasteiger charge is 2.15. The molecule has 0 aliphatic heterocycles. The van der Waals surface area contributed by atoms with Crippen LogP contribution >= 0.6 is 11.8 Å². The zero-order chi connectivity index (χ0) is 13.6. The third-order valence-corrected chi connectivity index (χ3v) is 3.14. The van der Waals surface area contributed by atoms with Gasteiger partial charge >= 0.3 is 0 Å². The Bertz CT molecular complexity index is 416. The zero-order valence-electron chi connectivity index (χ0n) is 11.1. The minimum Gasteiger partial charge on any atom is -0.512 e. The molecule has 1 N–H and O–H groups in total. The van der Waals surface area contributed by atoms with Gasteiger partial charge in [0.15, 0.2) is 0 Å². The Morgan fingerprint density at radius 1 is 1.28 bits per heavy atom. The summed E-state index contributed by atoms with van der Waals surface area (Å²) in [4.78, 5) is 11.6. The molecule has 3 heteroatoms. The van der Waals surface area contributed by atoms with Gasteiger partial charge in [-0.25, -0.2) is 0 Å². The van der Waals surface area contributed by atoms with E-state index in [0.29, 0.717) is 6.42 Å². The molecule has 2 nitrogen and oxygen atoms in total. The van der Waals surface area contributed by atoms with E-state index >= 15 is 0 Å². The number of aliphatic hydroxyl groups excluding tert-OH is 1. The maximum absolute atomic E-state index is 11.6. The van der Waals surface area contributed by atoms with Crippen molar-refractivity contribution < 1.29 is 9.90 Å². The van der Waals surface area contributed by atoms with E-state index in [9.17, 15) is 9.90 Å². The third kappa shape index (κ3) is 6.50. The van der Waals surface area contributed by atoms with Crippen LogP contribution in [0.15, 0.2) is 42.2 Å². The minimum absolute atomic E-state index is 0.0898. The van der Waals surface area contributed by atoms with Crippen molar-refractivity contribution in [2.75, 3.05) is 0 Å². The van der Waals surface area contributed by atoms with E-state index in [2.05, 4.69) is 0 Å². The summed E-state index contributed by atoms with van der Waals surface area (Å²) in [5.74, 6) is 0.153. The average molecular weight is 264 g/mol. The van der Waals surface area contributed by atoms with Crippen LogP contribution in [0.3, 0.4) is 0 Å². The predicted molar refractivity (Wildman–Crippen MR) is 77.8 cm³/mol. The second kappa shape index (κ2) is 6.64. The Kier molecular flexibility index (Phi) is 5.48. The summed E-state index contributed by atoms with van der Waals surface area (Å²) in [7, 11) is 0. The Hall–Kier alpha value is -1.22. The standard InChI is InChI=1S/C15H20O2S/c1-15(2,3)18-14(17)11-13(16)10-9-12-7-5-4-6-8-12/h4-8,11,16H,9-10H2,1-3H3/b13-11-. The van der Waals surface area contributed by atoms with E-state index in [-0.39, 0.29) is 15.6 Å². The molecule has 0 unspecified atom stereocenters. The van der Waals surface area contributed by atoms with Gasteiger partial charge in [0, 0.05) is 17.2 Å². The van der Waals surface area contributed by atoms with E-state index in [1.807, 2.05) is 51.1 Å². The number of rotatable bonds is 4. The highest BCUT2D eigenvalue weighted by molar-refractivity contribution is 8.15. The first-order valence-corrected chi connectivity index (χ1v) is 6.85. The summed E-state index contributed by atoms with van der Waals surface area (Å²) in [6, 6.07) is 9.92. The molecule has 0 aliphatic carbocycles. The number of thioether (sulfide) groups is 1. The topological polar surface area (TPSA) is 37.3 Å². The summed E-state index contributed by atoms with van der Waals surface area (Å²) < 4.78 is -0.118. The van der Waals surface area contributed by atoms with Gasteiger partial charge in [-0.15, -0.1) is 0 Å². The molecule has 0 aromatic heterocycles. The number of carbonyl (C=O) groups excluding carboxylic acids is 1. The van der Waals surface area contributed by atoms with E-state index in [4.69, 9.17) is 0 Å². The van der Waals surface area contributed by atoms with Crippen LogP contribution in [0.1, 0.15) is 32.8 Å². The summed E-state index contributed by atoms with van der Waals surface area (Å²) in [6.45, 7) is 5.93. The minimum atomic E-state index is -0.118. The first kappa shape index (κ1) is 14.8. The molecule has 0 radical (unpaired) electrons. The van der Waals surface area contributed by atoms with Crippen LogP contribution in [0, 0.1) is 0 Å². The molecule has 1 aromatic rings. The number of hydrogen-bond acceptors (Lipinski definition) is 3. The van der Waals surface area contributed by atoms with Crippen molar-refractivity contribution in [1.29, 1.82) is 0 Å². The molecule has 0 fully saturated rings. The second-order valence-electron chi connectivity index (χ2n) is 5.15. The average Bonchev–Trinajstić information content (AvgIpc) is 2.25. The largest absolute Gasteiger partial charge is 0.512 e. The van der Waals surface area contributed by atoms with Gasteiger partial charge in [-0.3, -0.25) is 4.79 Å². The molecule has 0 heterocycles. The van der Waals surface area contributed by atoms with Gasteiger partial charge in [0.25, 0.3) is 0 Å². The SMILES string of the molecule is CC(C)(C)SC(=O)/C=C(\O)CCc1ccccc1. The van der Waals surface area contributed by atoms with Crippen molar-refractivity contribution in [3.05, 3.63) is 47.7 Å². The highest BCUT2D eigenvalue weighted by atomic mass is 32.2. The lowest BCUT2D eigenvalue weighted by Crippen LogP contribution is -2.10. The molecule has 0 saturated heterocycles. The first-order chi connectivity index (χ1) is 8.37. The van der Waals surface area contributed by atoms with Gasteiger partial charge in [-0.1, -0.05) is 62.9 Å². The number of carbonyl (C=O) groups is 1. The van der Waals surface area contributed by atoms with Crippen LogP contribution in [0.25, 0.3) is 0 Å². The van der Waals surface area contributed by atoms with Crippen LogP contribution in [-0.2, 0) is 11.2 Å². The molecule has 0 amide bonds. The van der Waals surface area contributed by atoms with Gasteiger partial charge < -0.3 is 5.11 Å². The summed E-state index contributed by atoms with van der Waals surface area (Å²) in [5.41, 5.74) is 1.16. The van der Waals surface area contributed by atoms with Crippen molar-refractivity contribution in [2.45, 2.75) is 38.4 Å². The Balaban J connectivity index is 2.45. The number of aliphatic hydroxyl groups is 1. The van der Waals surface area contributed by atoms with Gasteiger partial charge in [-0.05, 0) is 12.0 Å². The van der Waals surface area contributed by atoms with Gasteiger partial charge in [-0.2, -0.15) is 0 Å². The van der Waals surface area contributed by atoms with Crippen molar-refractivity contribution in [2.24, 2.45) is 0 Å². The second-order valence-corrected chi connectivity index (χ2v) is 6.99. The lowest BCUT2D eigenvalue weighted by atomic mass is 10.1. The smallest absolute Gasteiger partial charge is 0.216 e. The molecule has 1 rings (SSSR count). The monoisotopic (exact) mass is 264 g/mol. The quantitative estimate of drug-likeness (QED) is 0.656. The Morgan fingerprint density at radius 2 is 1.89 bits per heavy atom. The van der Waals surface area contributed by atoms with Crippen LogP contribution in [-0.4, -0.2) is 15.0 Å². The van der Waals surface area contributed by atoms with Crippen LogP contribution in [0.4, 0.5) is 0 Å². The fraction of sp³-hybridized carbons (Fsp3) is 0.400. The number of allylic oxidation sites excluding steroid dienone is 1. The first-order valence-electron chi connectivity index (χ1n) is 6.03. The molecule has 0 saturated carbocycles. The maximum Gasteiger partial charge on any atom is 0.216 e. The van der Waals surface area contributed by atoms with E-state index in [1.54, 1.807) is 0 Å². The van der Waals surface area contributed by atoms with Gasteiger partial charge in [0.1, 0.15) is 0 Å². The molecule has 0 bridgehead atoms.